The van der Waals surface area contributed by atoms with Crippen molar-refractivity contribution in [2.45, 2.75) is 25.9 Å². The Morgan fingerprint density at radius 3 is 2.66 bits per heavy atom. The van der Waals surface area contributed by atoms with Crippen molar-refractivity contribution in [3.63, 3.8) is 0 Å². The van der Waals surface area contributed by atoms with Gasteiger partial charge in [0.05, 0.1) is 11.6 Å². The van der Waals surface area contributed by atoms with Crippen molar-refractivity contribution in [1.29, 1.82) is 0 Å². The lowest BCUT2D eigenvalue weighted by atomic mass is 9.72. The minimum Gasteiger partial charge on any atom is -0.481 e. The van der Waals surface area contributed by atoms with Crippen molar-refractivity contribution in [2.24, 2.45) is 5.41 Å². The molecule has 0 bridgehead atoms. The maximum absolute atomic E-state index is 13.3. The Morgan fingerprint density at radius 1 is 1.21 bits per heavy atom. The van der Waals surface area contributed by atoms with Crippen LogP contribution in [-0.4, -0.2) is 45.3 Å². The van der Waals surface area contributed by atoms with Crippen molar-refractivity contribution in [3.8, 4) is 0 Å². The summed E-state index contributed by atoms with van der Waals surface area (Å²) in [6.45, 7) is 2.39. The molecule has 2 aromatic carbocycles. The van der Waals surface area contributed by atoms with Gasteiger partial charge in [-0.1, -0.05) is 24.3 Å². The van der Waals surface area contributed by atoms with Crippen LogP contribution < -0.4 is 4.90 Å². The number of aryl methyl sites for hydroxylation is 1. The van der Waals surface area contributed by atoms with Gasteiger partial charge in [0.25, 0.3) is 0 Å². The molecule has 2 atom stereocenters. The summed E-state index contributed by atoms with van der Waals surface area (Å²) in [5.41, 5.74) is 0.0368. The number of carboxylic acid groups (broad SMARTS) is 1. The smallest absolute Gasteiger partial charge is 0.314 e. The average Bonchev–Trinajstić information content (AvgIpc) is 2.70. The topological polar surface area (TPSA) is 86.5 Å². The van der Waals surface area contributed by atoms with Gasteiger partial charge in [0.15, 0.2) is 0 Å². The summed E-state index contributed by atoms with van der Waals surface area (Å²) in [4.78, 5) is 23.3. The second kappa shape index (κ2) is 7.40. The first-order valence-corrected chi connectivity index (χ1v) is 9.53. The Bertz CT molecular complexity index is 1060. The Hall–Kier alpha value is -3.06. The number of benzene rings is 2. The van der Waals surface area contributed by atoms with Crippen molar-refractivity contribution >= 4 is 22.7 Å². The van der Waals surface area contributed by atoms with Gasteiger partial charge in [0.2, 0.25) is 0 Å². The maximum atomic E-state index is 13.3. The molecule has 1 aromatic heterocycles. The number of para-hydroxylation sites is 1. The van der Waals surface area contributed by atoms with E-state index in [1.807, 2.05) is 29.2 Å². The molecule has 29 heavy (non-hydrogen) atoms. The van der Waals surface area contributed by atoms with E-state index in [1.54, 1.807) is 19.1 Å². The van der Waals surface area contributed by atoms with Crippen molar-refractivity contribution in [2.75, 3.05) is 18.0 Å². The lowest BCUT2D eigenvalue weighted by molar-refractivity contribution is -0.157. The number of aromatic nitrogens is 2. The number of carbonyl (C=O) groups is 1. The number of aliphatic hydroxyl groups is 1. The van der Waals surface area contributed by atoms with Crippen LogP contribution >= 0.6 is 0 Å². The lowest BCUT2D eigenvalue weighted by Crippen LogP contribution is -2.57. The summed E-state index contributed by atoms with van der Waals surface area (Å²) in [5.74, 6) is -0.185. The van der Waals surface area contributed by atoms with Gasteiger partial charge in [0.1, 0.15) is 22.9 Å². The standard InChI is InChI=1S/C22H22FN3O3/c1-14-24-18-5-3-2-4-17(18)20(25-14)26-11-10-19(27)22(13-26,21(28)29)12-15-6-8-16(23)9-7-15/h2-9,19,27H,10-13H2,1H3,(H,28,29)/t19-,22+/m0/s1. The van der Waals surface area contributed by atoms with Crippen LogP contribution in [0.4, 0.5) is 10.2 Å². The quantitative estimate of drug-likeness (QED) is 0.706. The van der Waals surface area contributed by atoms with E-state index in [4.69, 9.17) is 0 Å². The molecule has 1 fully saturated rings. The number of piperidine rings is 1. The van der Waals surface area contributed by atoms with Crippen LogP contribution in [0.15, 0.2) is 48.5 Å². The van der Waals surface area contributed by atoms with Gasteiger partial charge in [-0.05, 0) is 49.6 Å². The van der Waals surface area contributed by atoms with E-state index in [9.17, 15) is 19.4 Å². The molecule has 0 saturated carbocycles. The highest BCUT2D eigenvalue weighted by atomic mass is 19.1. The number of nitrogens with zero attached hydrogens (tertiary/aromatic N) is 3. The zero-order valence-electron chi connectivity index (χ0n) is 16.0. The molecule has 7 heteroatoms. The van der Waals surface area contributed by atoms with Crippen molar-refractivity contribution in [1.82, 2.24) is 9.97 Å². The zero-order chi connectivity index (χ0) is 20.6. The minimum atomic E-state index is -1.42. The number of fused-ring (bicyclic) bond motifs is 1. The summed E-state index contributed by atoms with van der Waals surface area (Å²) in [5, 5.41) is 21.7. The van der Waals surface area contributed by atoms with Crippen LogP contribution in [0.25, 0.3) is 10.9 Å². The first-order valence-electron chi connectivity index (χ1n) is 9.53. The molecule has 0 radical (unpaired) electrons. The summed E-state index contributed by atoms with van der Waals surface area (Å²) in [6.07, 6.45) is -0.622. The number of aliphatic hydroxyl groups excluding tert-OH is 1. The third-order valence-electron chi connectivity index (χ3n) is 5.64. The Labute approximate surface area is 167 Å². The summed E-state index contributed by atoms with van der Waals surface area (Å²) in [7, 11) is 0. The van der Waals surface area contributed by atoms with Crippen LogP contribution in [0, 0.1) is 18.2 Å². The first-order chi connectivity index (χ1) is 13.9. The SMILES string of the molecule is Cc1nc(N2CC[C@H](O)[C@](Cc3ccc(F)cc3)(C(=O)O)C2)c2ccccc2n1. The molecule has 1 aliphatic heterocycles. The predicted octanol–water partition coefficient (Wildman–Crippen LogP) is 2.96. The van der Waals surface area contributed by atoms with E-state index >= 15 is 0 Å². The van der Waals surface area contributed by atoms with Crippen LogP contribution in [0.1, 0.15) is 17.8 Å². The molecule has 6 nitrogen and oxygen atoms in total. The van der Waals surface area contributed by atoms with Gasteiger partial charge in [-0.25, -0.2) is 14.4 Å². The van der Waals surface area contributed by atoms with Crippen LogP contribution in [0.2, 0.25) is 0 Å². The van der Waals surface area contributed by atoms with Gasteiger partial charge in [-0.15, -0.1) is 0 Å². The fourth-order valence-corrected chi connectivity index (χ4v) is 4.10. The molecule has 0 amide bonds. The fraction of sp³-hybridized carbons (Fsp3) is 0.318. The number of rotatable bonds is 4. The largest absolute Gasteiger partial charge is 0.481 e. The van der Waals surface area contributed by atoms with Crippen molar-refractivity contribution < 1.29 is 19.4 Å². The molecule has 0 unspecified atom stereocenters. The van der Waals surface area contributed by atoms with Gasteiger partial charge in [0, 0.05) is 18.5 Å². The third-order valence-corrected chi connectivity index (χ3v) is 5.64. The Kier molecular flexibility index (Phi) is 4.92. The Morgan fingerprint density at radius 2 is 1.93 bits per heavy atom. The summed E-state index contributed by atoms with van der Waals surface area (Å²) < 4.78 is 13.3. The normalized spacial score (nSPS) is 22.0. The maximum Gasteiger partial charge on any atom is 0.314 e. The highest BCUT2D eigenvalue weighted by Crippen LogP contribution is 2.37. The highest BCUT2D eigenvalue weighted by Gasteiger charge is 2.49. The molecular weight excluding hydrogens is 373 g/mol. The minimum absolute atomic E-state index is 0.0985. The zero-order valence-corrected chi connectivity index (χ0v) is 16.0. The van der Waals surface area contributed by atoms with E-state index in [0.29, 0.717) is 30.2 Å². The summed E-state index contributed by atoms with van der Waals surface area (Å²) >= 11 is 0. The molecule has 1 aliphatic rings. The van der Waals surface area contributed by atoms with Crippen LogP contribution in [-0.2, 0) is 11.2 Å². The van der Waals surface area contributed by atoms with E-state index in [1.165, 1.54) is 12.1 Å². The molecule has 1 saturated heterocycles. The van der Waals surface area contributed by atoms with E-state index in [-0.39, 0.29) is 18.8 Å². The second-order valence-electron chi connectivity index (χ2n) is 7.60. The molecule has 2 N–H and O–H groups in total. The fourth-order valence-electron chi connectivity index (χ4n) is 4.10. The van der Waals surface area contributed by atoms with Gasteiger partial charge in [-0.3, -0.25) is 4.79 Å². The molecule has 150 valence electrons. The monoisotopic (exact) mass is 395 g/mol. The third kappa shape index (κ3) is 3.53. The molecule has 0 spiro atoms. The molecule has 2 heterocycles. The van der Waals surface area contributed by atoms with E-state index < -0.39 is 17.5 Å². The Balaban J connectivity index is 1.75. The number of hydrogen-bond donors (Lipinski definition) is 2. The number of carboxylic acids is 1. The average molecular weight is 395 g/mol. The van der Waals surface area contributed by atoms with Crippen molar-refractivity contribution in [3.05, 3.63) is 65.7 Å². The predicted molar refractivity (Wildman–Crippen MR) is 107 cm³/mol. The summed E-state index contributed by atoms with van der Waals surface area (Å²) in [6, 6.07) is 13.3. The highest BCUT2D eigenvalue weighted by molar-refractivity contribution is 5.90. The van der Waals surface area contributed by atoms with E-state index in [2.05, 4.69) is 9.97 Å². The lowest BCUT2D eigenvalue weighted by Gasteiger charge is -2.44. The molecular formula is C22H22FN3O3. The van der Waals surface area contributed by atoms with Gasteiger partial charge >= 0.3 is 5.97 Å². The number of hydrogen-bond acceptors (Lipinski definition) is 5. The van der Waals surface area contributed by atoms with Crippen LogP contribution in [0.3, 0.4) is 0 Å². The molecule has 3 aromatic rings. The molecule has 0 aliphatic carbocycles. The second-order valence-corrected chi connectivity index (χ2v) is 7.60. The first kappa shape index (κ1) is 19.3. The number of halogens is 1. The number of aliphatic carboxylic acids is 1. The van der Waals surface area contributed by atoms with Gasteiger partial charge < -0.3 is 15.1 Å². The molecule has 4 rings (SSSR count). The van der Waals surface area contributed by atoms with Crippen LogP contribution in [0.5, 0.6) is 0 Å². The number of anilines is 1. The van der Waals surface area contributed by atoms with E-state index in [0.717, 1.165) is 10.9 Å². The van der Waals surface area contributed by atoms with Gasteiger partial charge in [-0.2, -0.15) is 0 Å².